The molecule has 1 heterocycles. The molecular formula is C13H28N2O. The van der Waals surface area contributed by atoms with Crippen LogP contribution in [0.2, 0.25) is 0 Å². The average molecular weight is 228 g/mol. The molecule has 1 N–H and O–H groups in total. The normalized spacial score (nSPS) is 26.2. The van der Waals surface area contributed by atoms with Crippen LogP contribution >= 0.6 is 0 Å². The standard InChI is InChI=1S/C13H28N2O/c1-4-6-13(7-5-8-14-11-13)12-15(2)9-10-16-3/h14H,4-12H2,1-3H3. The van der Waals surface area contributed by atoms with E-state index in [4.69, 9.17) is 4.74 Å². The lowest BCUT2D eigenvalue weighted by Gasteiger charge is -2.40. The van der Waals surface area contributed by atoms with Gasteiger partial charge in [0.2, 0.25) is 0 Å². The molecule has 3 nitrogen and oxygen atoms in total. The zero-order valence-corrected chi connectivity index (χ0v) is 11.2. The third kappa shape index (κ3) is 4.40. The Labute approximate surface area is 101 Å². The van der Waals surface area contributed by atoms with E-state index in [1.807, 2.05) is 0 Å². The summed E-state index contributed by atoms with van der Waals surface area (Å²) in [6.45, 7) is 7.78. The van der Waals surface area contributed by atoms with Gasteiger partial charge in [0.15, 0.2) is 0 Å². The second-order valence-electron chi connectivity index (χ2n) is 5.26. The van der Waals surface area contributed by atoms with Crippen LogP contribution in [0.15, 0.2) is 0 Å². The van der Waals surface area contributed by atoms with E-state index < -0.39 is 0 Å². The first-order valence-electron chi connectivity index (χ1n) is 6.61. The van der Waals surface area contributed by atoms with Gasteiger partial charge in [-0.1, -0.05) is 13.3 Å². The maximum absolute atomic E-state index is 5.14. The van der Waals surface area contributed by atoms with Crippen molar-refractivity contribution in [2.24, 2.45) is 5.41 Å². The maximum Gasteiger partial charge on any atom is 0.0589 e. The van der Waals surface area contributed by atoms with Crippen LogP contribution in [0, 0.1) is 5.41 Å². The summed E-state index contributed by atoms with van der Waals surface area (Å²) in [5.74, 6) is 0. The van der Waals surface area contributed by atoms with Crippen LogP contribution in [-0.2, 0) is 4.74 Å². The minimum absolute atomic E-state index is 0.509. The van der Waals surface area contributed by atoms with E-state index in [9.17, 15) is 0 Å². The summed E-state index contributed by atoms with van der Waals surface area (Å²) in [6, 6.07) is 0. The molecule has 1 saturated heterocycles. The van der Waals surface area contributed by atoms with E-state index in [2.05, 4.69) is 24.2 Å². The zero-order chi connectivity index (χ0) is 11.9. The maximum atomic E-state index is 5.14. The van der Waals surface area contributed by atoms with Gasteiger partial charge in [-0.2, -0.15) is 0 Å². The summed E-state index contributed by atoms with van der Waals surface area (Å²) >= 11 is 0. The van der Waals surface area contributed by atoms with Crippen molar-refractivity contribution in [3.05, 3.63) is 0 Å². The van der Waals surface area contributed by atoms with Gasteiger partial charge in [-0.3, -0.25) is 0 Å². The van der Waals surface area contributed by atoms with Crippen molar-refractivity contribution in [3.8, 4) is 0 Å². The summed E-state index contributed by atoms with van der Waals surface area (Å²) in [6.07, 6.45) is 5.35. The third-order valence-corrected chi connectivity index (χ3v) is 3.62. The Morgan fingerprint density at radius 3 is 2.81 bits per heavy atom. The number of methoxy groups -OCH3 is 1. The second-order valence-corrected chi connectivity index (χ2v) is 5.26. The zero-order valence-electron chi connectivity index (χ0n) is 11.2. The fourth-order valence-electron chi connectivity index (χ4n) is 2.89. The van der Waals surface area contributed by atoms with E-state index in [-0.39, 0.29) is 0 Å². The highest BCUT2D eigenvalue weighted by Crippen LogP contribution is 2.32. The highest BCUT2D eigenvalue weighted by atomic mass is 16.5. The first-order chi connectivity index (χ1) is 7.72. The molecule has 1 atom stereocenters. The molecule has 0 amide bonds. The van der Waals surface area contributed by atoms with Gasteiger partial charge < -0.3 is 15.0 Å². The molecule has 0 bridgehead atoms. The minimum Gasteiger partial charge on any atom is -0.383 e. The lowest BCUT2D eigenvalue weighted by molar-refractivity contribution is 0.0968. The molecule has 0 spiro atoms. The lowest BCUT2D eigenvalue weighted by Crippen LogP contribution is -2.47. The van der Waals surface area contributed by atoms with E-state index in [0.29, 0.717) is 5.41 Å². The number of hydrogen-bond donors (Lipinski definition) is 1. The summed E-state index contributed by atoms with van der Waals surface area (Å²) in [5, 5.41) is 3.56. The third-order valence-electron chi connectivity index (χ3n) is 3.62. The summed E-state index contributed by atoms with van der Waals surface area (Å²) in [5.41, 5.74) is 0.509. The quantitative estimate of drug-likeness (QED) is 0.718. The minimum atomic E-state index is 0.509. The number of nitrogens with zero attached hydrogens (tertiary/aromatic N) is 1. The highest BCUT2D eigenvalue weighted by molar-refractivity contribution is 4.87. The Bertz CT molecular complexity index is 173. The van der Waals surface area contributed by atoms with Crippen molar-refractivity contribution in [2.75, 3.05) is 46.9 Å². The summed E-state index contributed by atoms with van der Waals surface area (Å²) < 4.78 is 5.14. The van der Waals surface area contributed by atoms with Crippen molar-refractivity contribution in [1.82, 2.24) is 10.2 Å². The van der Waals surface area contributed by atoms with Crippen LogP contribution in [0.1, 0.15) is 32.6 Å². The molecule has 1 fully saturated rings. The van der Waals surface area contributed by atoms with E-state index in [0.717, 1.165) is 13.2 Å². The topological polar surface area (TPSA) is 24.5 Å². The van der Waals surface area contributed by atoms with Crippen molar-refractivity contribution in [2.45, 2.75) is 32.6 Å². The smallest absolute Gasteiger partial charge is 0.0589 e. The molecule has 0 aromatic carbocycles. The van der Waals surface area contributed by atoms with Gasteiger partial charge in [0.25, 0.3) is 0 Å². The molecule has 16 heavy (non-hydrogen) atoms. The Kier molecular flexibility index (Phi) is 6.32. The van der Waals surface area contributed by atoms with Gasteiger partial charge in [-0.15, -0.1) is 0 Å². The number of piperidine rings is 1. The van der Waals surface area contributed by atoms with E-state index >= 15 is 0 Å². The molecule has 1 aliphatic heterocycles. The van der Waals surface area contributed by atoms with Gasteiger partial charge in [0, 0.05) is 26.7 Å². The first-order valence-corrected chi connectivity index (χ1v) is 6.61. The van der Waals surface area contributed by atoms with Crippen molar-refractivity contribution in [1.29, 1.82) is 0 Å². The largest absolute Gasteiger partial charge is 0.383 e. The molecule has 0 radical (unpaired) electrons. The van der Waals surface area contributed by atoms with Crippen LogP contribution in [0.5, 0.6) is 0 Å². The number of rotatable bonds is 7. The molecule has 0 aliphatic carbocycles. The van der Waals surface area contributed by atoms with Crippen LogP contribution < -0.4 is 5.32 Å². The average Bonchev–Trinajstić information content (AvgIpc) is 2.28. The Hall–Kier alpha value is -0.120. The van der Waals surface area contributed by atoms with E-state index in [1.165, 1.54) is 45.3 Å². The highest BCUT2D eigenvalue weighted by Gasteiger charge is 2.31. The van der Waals surface area contributed by atoms with Crippen LogP contribution in [0.25, 0.3) is 0 Å². The predicted octanol–water partition coefficient (Wildman–Crippen LogP) is 1.73. The number of hydrogen-bond acceptors (Lipinski definition) is 3. The Balaban J connectivity index is 2.42. The van der Waals surface area contributed by atoms with Crippen LogP contribution in [0.4, 0.5) is 0 Å². The Morgan fingerprint density at radius 1 is 1.44 bits per heavy atom. The summed E-state index contributed by atoms with van der Waals surface area (Å²) in [4.78, 5) is 2.42. The molecule has 0 aromatic heterocycles. The molecule has 1 rings (SSSR count). The van der Waals surface area contributed by atoms with Gasteiger partial charge >= 0.3 is 0 Å². The van der Waals surface area contributed by atoms with Crippen molar-refractivity contribution < 1.29 is 4.74 Å². The van der Waals surface area contributed by atoms with Gasteiger partial charge in [-0.25, -0.2) is 0 Å². The Morgan fingerprint density at radius 2 is 2.25 bits per heavy atom. The molecule has 0 aromatic rings. The molecule has 1 aliphatic rings. The van der Waals surface area contributed by atoms with Crippen LogP contribution in [0.3, 0.4) is 0 Å². The monoisotopic (exact) mass is 228 g/mol. The molecule has 1 unspecified atom stereocenters. The molecule has 3 heteroatoms. The van der Waals surface area contributed by atoms with E-state index in [1.54, 1.807) is 7.11 Å². The molecular weight excluding hydrogens is 200 g/mol. The first kappa shape index (κ1) is 13.9. The number of ether oxygens (including phenoxy) is 1. The van der Waals surface area contributed by atoms with Crippen molar-refractivity contribution >= 4 is 0 Å². The number of likely N-dealkylation sites (N-methyl/N-ethyl adjacent to an activating group) is 1. The summed E-state index contributed by atoms with van der Waals surface area (Å²) in [7, 11) is 3.99. The van der Waals surface area contributed by atoms with Gasteiger partial charge in [0.05, 0.1) is 6.61 Å². The van der Waals surface area contributed by atoms with Crippen molar-refractivity contribution in [3.63, 3.8) is 0 Å². The van der Waals surface area contributed by atoms with Gasteiger partial charge in [0.1, 0.15) is 0 Å². The predicted molar refractivity (Wildman–Crippen MR) is 68.8 cm³/mol. The fraction of sp³-hybridized carbons (Fsp3) is 1.00. The SMILES string of the molecule is CCCC1(CN(C)CCOC)CCCNC1. The number of nitrogens with one attached hydrogen (secondary N) is 1. The second kappa shape index (κ2) is 7.25. The van der Waals surface area contributed by atoms with Gasteiger partial charge in [-0.05, 0) is 38.3 Å². The molecule has 0 saturated carbocycles. The fourth-order valence-corrected chi connectivity index (χ4v) is 2.89. The van der Waals surface area contributed by atoms with Crippen LogP contribution in [-0.4, -0.2) is 51.8 Å². The lowest BCUT2D eigenvalue weighted by atomic mass is 9.76. The molecule has 96 valence electrons.